The first-order valence-corrected chi connectivity index (χ1v) is 15.4. The number of nitrogens with one attached hydrogen (secondary N) is 2. The Hall–Kier alpha value is -4.34. The molecule has 0 aliphatic heterocycles. The Kier molecular flexibility index (Phi) is 11.8. The third-order valence-electron chi connectivity index (χ3n) is 7.77. The molecule has 0 spiro atoms. The molecule has 0 radical (unpaired) electrons. The van der Waals surface area contributed by atoms with Gasteiger partial charge in [-0.05, 0) is 48.9 Å². The number of methoxy groups -OCH3 is 2. The van der Waals surface area contributed by atoms with Crippen molar-refractivity contribution in [3.63, 3.8) is 0 Å². The Morgan fingerprint density at radius 2 is 1.70 bits per heavy atom. The Labute approximate surface area is 259 Å². The number of esters is 1. The van der Waals surface area contributed by atoms with Gasteiger partial charge in [0.25, 0.3) is 5.91 Å². The Morgan fingerprint density at radius 3 is 2.39 bits per heavy atom. The molecule has 10 nitrogen and oxygen atoms in total. The van der Waals surface area contributed by atoms with Crippen molar-refractivity contribution in [1.82, 2.24) is 20.4 Å². The molecule has 1 aliphatic rings. The predicted octanol–water partition coefficient (Wildman–Crippen LogP) is 5.47. The summed E-state index contributed by atoms with van der Waals surface area (Å²) in [4.78, 5) is 37.8. The molecule has 1 fully saturated rings. The predicted molar refractivity (Wildman–Crippen MR) is 167 cm³/mol. The van der Waals surface area contributed by atoms with Gasteiger partial charge in [-0.1, -0.05) is 69.5 Å². The average molecular weight is 605 g/mol. The lowest BCUT2D eigenvalue weighted by molar-refractivity contribution is -0.141. The van der Waals surface area contributed by atoms with Gasteiger partial charge in [-0.25, -0.2) is 0 Å². The van der Waals surface area contributed by atoms with E-state index >= 15 is 0 Å². The van der Waals surface area contributed by atoms with E-state index in [1.807, 2.05) is 67.1 Å². The van der Waals surface area contributed by atoms with Crippen LogP contribution < -0.4 is 20.1 Å². The second-order valence-corrected chi connectivity index (χ2v) is 11.6. The topological polar surface area (TPSA) is 121 Å². The van der Waals surface area contributed by atoms with Crippen molar-refractivity contribution in [3.05, 3.63) is 65.9 Å². The summed E-state index contributed by atoms with van der Waals surface area (Å²) < 4.78 is 18.7. The maximum Gasteiger partial charge on any atom is 0.325 e. The lowest BCUT2D eigenvalue weighted by Gasteiger charge is -2.25. The highest BCUT2D eigenvalue weighted by Crippen LogP contribution is 2.42. The number of aromatic nitrogens is 2. The molecule has 0 saturated heterocycles. The number of ether oxygens (including phenoxy) is 3. The van der Waals surface area contributed by atoms with Crippen molar-refractivity contribution in [3.8, 4) is 22.8 Å². The molecule has 44 heavy (non-hydrogen) atoms. The molecule has 0 bridgehead atoms. The van der Waals surface area contributed by atoms with Crippen LogP contribution in [-0.2, 0) is 20.9 Å². The summed E-state index contributed by atoms with van der Waals surface area (Å²) in [7, 11) is 2.89. The van der Waals surface area contributed by atoms with Crippen LogP contribution in [0.25, 0.3) is 11.3 Å². The molecular weight excluding hydrogens is 560 g/mol. The van der Waals surface area contributed by atoms with Crippen LogP contribution in [0.15, 0.2) is 54.6 Å². The minimum absolute atomic E-state index is 0.0289. The molecule has 236 valence electrons. The van der Waals surface area contributed by atoms with Crippen molar-refractivity contribution >= 4 is 17.8 Å². The SMILES string of the molecule is COC(=O)CNC(=O)CC(CC(C)C)NC(=O)c1cc(-c2c(OC)cccc2OCc2ccccc2)n(C2CCCCC2)n1. The number of hydrogen-bond acceptors (Lipinski definition) is 7. The zero-order valence-corrected chi connectivity index (χ0v) is 26.1. The van der Waals surface area contributed by atoms with Crippen molar-refractivity contribution in [2.75, 3.05) is 20.8 Å². The highest BCUT2D eigenvalue weighted by Gasteiger charge is 2.28. The van der Waals surface area contributed by atoms with E-state index < -0.39 is 12.0 Å². The molecule has 3 aromatic rings. The van der Waals surface area contributed by atoms with Gasteiger partial charge in [0.05, 0.1) is 31.5 Å². The summed E-state index contributed by atoms with van der Waals surface area (Å²) in [6.45, 7) is 4.21. The van der Waals surface area contributed by atoms with Gasteiger partial charge in [-0.15, -0.1) is 0 Å². The maximum atomic E-state index is 13.7. The van der Waals surface area contributed by atoms with Gasteiger partial charge >= 0.3 is 5.97 Å². The van der Waals surface area contributed by atoms with Crippen molar-refractivity contribution < 1.29 is 28.6 Å². The Morgan fingerprint density at radius 1 is 0.977 bits per heavy atom. The van der Waals surface area contributed by atoms with E-state index in [1.54, 1.807) is 13.2 Å². The molecule has 1 atom stereocenters. The van der Waals surface area contributed by atoms with E-state index in [1.165, 1.54) is 13.5 Å². The van der Waals surface area contributed by atoms with Gasteiger partial charge in [0, 0.05) is 12.5 Å². The van der Waals surface area contributed by atoms with Gasteiger partial charge in [0.2, 0.25) is 5.91 Å². The molecule has 4 rings (SSSR count). The Bertz CT molecular complexity index is 1400. The highest BCUT2D eigenvalue weighted by molar-refractivity contribution is 5.94. The smallest absolute Gasteiger partial charge is 0.325 e. The van der Waals surface area contributed by atoms with Crippen LogP contribution in [0.4, 0.5) is 0 Å². The molecule has 1 saturated carbocycles. The van der Waals surface area contributed by atoms with Gasteiger partial charge < -0.3 is 24.8 Å². The summed E-state index contributed by atoms with van der Waals surface area (Å²) in [6.07, 6.45) is 5.88. The summed E-state index contributed by atoms with van der Waals surface area (Å²) >= 11 is 0. The van der Waals surface area contributed by atoms with Gasteiger partial charge in [-0.2, -0.15) is 5.10 Å². The van der Waals surface area contributed by atoms with Crippen molar-refractivity contribution in [2.24, 2.45) is 5.92 Å². The van der Waals surface area contributed by atoms with Crippen molar-refractivity contribution in [1.29, 1.82) is 0 Å². The number of nitrogens with zero attached hydrogens (tertiary/aromatic N) is 2. The van der Waals surface area contributed by atoms with Crippen LogP contribution in [-0.4, -0.2) is 54.4 Å². The van der Waals surface area contributed by atoms with E-state index in [-0.39, 0.29) is 42.4 Å². The number of rotatable bonds is 14. The van der Waals surface area contributed by atoms with Gasteiger partial charge in [0.1, 0.15) is 24.7 Å². The lowest BCUT2D eigenvalue weighted by Crippen LogP contribution is -2.41. The standard InChI is InChI=1S/C34H44N4O6/c1-23(2)18-25(19-31(39)35-21-32(40)43-4)36-34(41)27-20-28(38(37-27)26-14-9-6-10-15-26)33-29(42-3)16-11-17-30(33)44-22-24-12-7-5-8-13-24/h5,7-8,11-13,16-17,20,23,25-26H,6,9-10,14-15,18-19,21-22H2,1-4H3,(H,35,39)(H,36,41). The van der Waals surface area contributed by atoms with E-state index in [0.29, 0.717) is 24.5 Å². The lowest BCUT2D eigenvalue weighted by atomic mass is 9.95. The minimum Gasteiger partial charge on any atom is -0.496 e. The second-order valence-electron chi connectivity index (χ2n) is 11.6. The zero-order valence-electron chi connectivity index (χ0n) is 26.1. The summed E-state index contributed by atoms with van der Waals surface area (Å²) in [6, 6.07) is 17.1. The van der Waals surface area contributed by atoms with E-state index in [0.717, 1.165) is 42.5 Å². The maximum absolute atomic E-state index is 13.7. The molecule has 1 unspecified atom stereocenters. The first-order valence-electron chi connectivity index (χ1n) is 15.4. The average Bonchev–Trinajstić information content (AvgIpc) is 3.48. The van der Waals surface area contributed by atoms with E-state index in [4.69, 9.17) is 14.6 Å². The number of carbonyl (C=O) groups excluding carboxylic acids is 3. The third kappa shape index (κ3) is 8.84. The molecule has 2 aromatic carbocycles. The fourth-order valence-electron chi connectivity index (χ4n) is 5.65. The number of carbonyl (C=O) groups is 3. The van der Waals surface area contributed by atoms with Gasteiger partial charge in [-0.3, -0.25) is 19.1 Å². The number of hydrogen-bond donors (Lipinski definition) is 2. The monoisotopic (exact) mass is 604 g/mol. The van der Waals surface area contributed by atoms with Crippen LogP contribution in [0.3, 0.4) is 0 Å². The summed E-state index contributed by atoms with van der Waals surface area (Å²) in [5.41, 5.74) is 2.78. The van der Waals surface area contributed by atoms with Crippen LogP contribution in [0.5, 0.6) is 11.5 Å². The first-order chi connectivity index (χ1) is 21.3. The van der Waals surface area contributed by atoms with Crippen molar-refractivity contribution in [2.45, 2.75) is 77.5 Å². The summed E-state index contributed by atoms with van der Waals surface area (Å²) in [5.74, 6) is 0.239. The highest BCUT2D eigenvalue weighted by atomic mass is 16.5. The molecular formula is C34H44N4O6. The molecule has 2 amide bonds. The Balaban J connectivity index is 1.65. The first kappa shape index (κ1) is 32.6. The van der Waals surface area contributed by atoms with E-state index in [2.05, 4.69) is 15.4 Å². The molecule has 1 aromatic heterocycles. The fraction of sp³-hybridized carbons (Fsp3) is 0.471. The van der Waals surface area contributed by atoms with Crippen LogP contribution in [0.2, 0.25) is 0 Å². The molecule has 1 aliphatic carbocycles. The number of amides is 2. The minimum atomic E-state index is -0.535. The summed E-state index contributed by atoms with van der Waals surface area (Å²) in [5, 5.41) is 10.4. The fourth-order valence-corrected chi connectivity index (χ4v) is 5.65. The third-order valence-corrected chi connectivity index (χ3v) is 7.77. The zero-order chi connectivity index (χ0) is 31.5. The molecule has 1 heterocycles. The molecule has 10 heteroatoms. The van der Waals surface area contributed by atoms with E-state index in [9.17, 15) is 14.4 Å². The van der Waals surface area contributed by atoms with Crippen LogP contribution in [0, 0.1) is 5.92 Å². The number of benzene rings is 2. The normalized spacial score (nSPS) is 14.1. The molecule has 2 N–H and O–H groups in total. The van der Waals surface area contributed by atoms with Crippen LogP contribution >= 0.6 is 0 Å². The quantitative estimate of drug-likeness (QED) is 0.234. The van der Waals surface area contributed by atoms with Gasteiger partial charge in [0.15, 0.2) is 5.69 Å². The second kappa shape index (κ2) is 15.9. The van der Waals surface area contributed by atoms with Crippen LogP contribution in [0.1, 0.15) is 80.9 Å². The largest absolute Gasteiger partial charge is 0.496 e.